The SMILES string of the molecule is COc1c(NCc2ccccc2)sc(C#N)c1N. The third-order valence-electron chi connectivity index (χ3n) is 2.50. The molecule has 0 spiro atoms. The van der Waals surface area contributed by atoms with Gasteiger partial charge in [-0.15, -0.1) is 11.3 Å². The normalized spacial score (nSPS) is 9.78. The van der Waals surface area contributed by atoms with Gasteiger partial charge in [-0.05, 0) is 5.56 Å². The molecule has 0 aliphatic heterocycles. The van der Waals surface area contributed by atoms with E-state index in [9.17, 15) is 0 Å². The number of benzene rings is 1. The molecule has 1 aromatic heterocycles. The summed E-state index contributed by atoms with van der Waals surface area (Å²) >= 11 is 1.31. The van der Waals surface area contributed by atoms with E-state index in [4.69, 9.17) is 15.7 Å². The molecule has 18 heavy (non-hydrogen) atoms. The van der Waals surface area contributed by atoms with Crippen LogP contribution in [0.1, 0.15) is 10.4 Å². The fraction of sp³-hybridized carbons (Fsp3) is 0.154. The topological polar surface area (TPSA) is 71.1 Å². The first kappa shape index (κ1) is 12.3. The number of nitrogens with zero attached hydrogens (tertiary/aromatic N) is 1. The van der Waals surface area contributed by atoms with E-state index in [-0.39, 0.29) is 0 Å². The van der Waals surface area contributed by atoms with E-state index in [1.807, 2.05) is 30.3 Å². The summed E-state index contributed by atoms with van der Waals surface area (Å²) in [6.45, 7) is 0.669. The van der Waals surface area contributed by atoms with Crippen molar-refractivity contribution in [3.8, 4) is 11.8 Å². The van der Waals surface area contributed by atoms with Crippen LogP contribution in [0.4, 0.5) is 10.7 Å². The zero-order valence-corrected chi connectivity index (χ0v) is 10.8. The van der Waals surface area contributed by atoms with Crippen LogP contribution in [0.15, 0.2) is 30.3 Å². The summed E-state index contributed by atoms with van der Waals surface area (Å²) in [5.41, 5.74) is 7.38. The molecular weight excluding hydrogens is 246 g/mol. The van der Waals surface area contributed by atoms with Crippen LogP contribution in [0.25, 0.3) is 0 Å². The van der Waals surface area contributed by atoms with E-state index >= 15 is 0 Å². The van der Waals surface area contributed by atoms with Gasteiger partial charge in [0.1, 0.15) is 21.6 Å². The average Bonchev–Trinajstić information content (AvgIpc) is 2.73. The molecule has 1 heterocycles. The predicted molar refractivity (Wildman–Crippen MR) is 73.8 cm³/mol. The number of nitrogen functional groups attached to an aromatic ring is 1. The second-order valence-corrected chi connectivity index (χ2v) is 4.68. The van der Waals surface area contributed by atoms with Crippen LogP contribution >= 0.6 is 11.3 Å². The highest BCUT2D eigenvalue weighted by Crippen LogP contribution is 2.42. The molecule has 0 atom stereocenters. The Morgan fingerprint density at radius 1 is 1.39 bits per heavy atom. The highest BCUT2D eigenvalue weighted by molar-refractivity contribution is 7.17. The van der Waals surface area contributed by atoms with Gasteiger partial charge in [0.25, 0.3) is 0 Å². The van der Waals surface area contributed by atoms with Crippen molar-refractivity contribution in [2.24, 2.45) is 0 Å². The highest BCUT2D eigenvalue weighted by Gasteiger charge is 2.16. The van der Waals surface area contributed by atoms with Gasteiger partial charge in [-0.2, -0.15) is 5.26 Å². The largest absolute Gasteiger partial charge is 0.492 e. The second-order valence-electron chi connectivity index (χ2n) is 3.66. The number of ether oxygens (including phenoxy) is 1. The number of hydrogen-bond acceptors (Lipinski definition) is 5. The molecule has 0 aliphatic carbocycles. The summed E-state index contributed by atoms with van der Waals surface area (Å²) in [5, 5.41) is 13.0. The van der Waals surface area contributed by atoms with E-state index in [0.717, 1.165) is 10.6 Å². The van der Waals surface area contributed by atoms with Crippen LogP contribution in [0.2, 0.25) is 0 Å². The summed E-state index contributed by atoms with van der Waals surface area (Å²) in [4.78, 5) is 0.474. The van der Waals surface area contributed by atoms with Gasteiger partial charge < -0.3 is 15.8 Å². The van der Waals surface area contributed by atoms with Gasteiger partial charge in [-0.25, -0.2) is 0 Å². The Balaban J connectivity index is 2.17. The molecular formula is C13H13N3OS. The number of rotatable bonds is 4. The minimum atomic E-state index is 0.403. The van der Waals surface area contributed by atoms with Crippen molar-refractivity contribution >= 4 is 22.0 Å². The molecule has 0 unspecified atom stereocenters. The van der Waals surface area contributed by atoms with Crippen molar-refractivity contribution in [1.82, 2.24) is 0 Å². The molecule has 0 saturated heterocycles. The van der Waals surface area contributed by atoms with Crippen molar-refractivity contribution < 1.29 is 4.74 Å². The third-order valence-corrected chi connectivity index (χ3v) is 3.55. The Bertz CT molecular complexity index is 572. The first-order valence-electron chi connectivity index (χ1n) is 5.40. The monoisotopic (exact) mass is 259 g/mol. The fourth-order valence-corrected chi connectivity index (χ4v) is 2.49. The Kier molecular flexibility index (Phi) is 3.70. The summed E-state index contributed by atoms with van der Waals surface area (Å²) in [6.07, 6.45) is 0. The fourth-order valence-electron chi connectivity index (χ4n) is 1.61. The maximum absolute atomic E-state index is 8.93. The van der Waals surface area contributed by atoms with Crippen molar-refractivity contribution in [2.75, 3.05) is 18.2 Å². The number of nitriles is 1. The molecule has 4 nitrogen and oxygen atoms in total. The lowest BCUT2D eigenvalue weighted by atomic mass is 10.2. The first-order valence-corrected chi connectivity index (χ1v) is 6.22. The maximum atomic E-state index is 8.93. The molecule has 0 amide bonds. The zero-order valence-electron chi connectivity index (χ0n) is 9.93. The van der Waals surface area contributed by atoms with Gasteiger partial charge >= 0.3 is 0 Å². The van der Waals surface area contributed by atoms with Gasteiger partial charge in [-0.1, -0.05) is 30.3 Å². The van der Waals surface area contributed by atoms with Gasteiger partial charge in [0.15, 0.2) is 5.75 Å². The highest BCUT2D eigenvalue weighted by atomic mass is 32.1. The molecule has 92 valence electrons. The van der Waals surface area contributed by atoms with Crippen LogP contribution in [0, 0.1) is 11.3 Å². The molecule has 0 bridgehead atoms. The molecule has 0 aliphatic rings. The number of thiophene rings is 1. The summed E-state index contributed by atoms with van der Waals surface area (Å²) < 4.78 is 5.22. The quantitative estimate of drug-likeness (QED) is 0.885. The lowest BCUT2D eigenvalue weighted by Crippen LogP contribution is -1.99. The Hall–Kier alpha value is -2.19. The smallest absolute Gasteiger partial charge is 0.177 e. The average molecular weight is 259 g/mol. The number of hydrogen-bond donors (Lipinski definition) is 2. The van der Waals surface area contributed by atoms with Crippen molar-refractivity contribution in [3.05, 3.63) is 40.8 Å². The molecule has 1 aromatic carbocycles. The maximum Gasteiger partial charge on any atom is 0.177 e. The number of nitrogens with one attached hydrogen (secondary N) is 1. The number of anilines is 2. The van der Waals surface area contributed by atoms with Gasteiger partial charge in [0.05, 0.1) is 7.11 Å². The van der Waals surface area contributed by atoms with E-state index in [1.165, 1.54) is 11.3 Å². The van der Waals surface area contributed by atoms with Crippen LogP contribution in [0.5, 0.6) is 5.75 Å². The van der Waals surface area contributed by atoms with E-state index in [1.54, 1.807) is 7.11 Å². The minimum absolute atomic E-state index is 0.403. The second kappa shape index (κ2) is 5.43. The summed E-state index contributed by atoms with van der Waals surface area (Å²) in [6, 6.07) is 12.1. The minimum Gasteiger partial charge on any atom is -0.492 e. The molecule has 2 rings (SSSR count). The summed E-state index contributed by atoms with van der Waals surface area (Å²) in [7, 11) is 1.55. The predicted octanol–water partition coefficient (Wildman–Crippen LogP) is 2.82. The molecule has 0 saturated carbocycles. The Labute approximate surface area is 110 Å². The van der Waals surface area contributed by atoms with E-state index in [2.05, 4.69) is 11.4 Å². The molecule has 0 radical (unpaired) electrons. The number of methoxy groups -OCH3 is 1. The molecule has 0 fully saturated rings. The molecule has 3 N–H and O–H groups in total. The van der Waals surface area contributed by atoms with Crippen LogP contribution in [-0.4, -0.2) is 7.11 Å². The third kappa shape index (κ3) is 2.39. The summed E-state index contributed by atoms with van der Waals surface area (Å²) in [5.74, 6) is 0.549. The van der Waals surface area contributed by atoms with Crippen molar-refractivity contribution in [2.45, 2.75) is 6.54 Å². The lowest BCUT2D eigenvalue weighted by molar-refractivity contribution is 0.420. The Morgan fingerprint density at radius 3 is 2.72 bits per heavy atom. The van der Waals surface area contributed by atoms with Gasteiger partial charge in [0.2, 0.25) is 0 Å². The first-order chi connectivity index (χ1) is 8.76. The standard InChI is InChI=1S/C13H13N3OS/c1-17-12-11(15)10(7-14)18-13(12)16-8-9-5-3-2-4-6-9/h2-6,16H,8,15H2,1H3. The van der Waals surface area contributed by atoms with E-state index in [0.29, 0.717) is 22.9 Å². The Morgan fingerprint density at radius 2 is 2.11 bits per heavy atom. The molecule has 5 heteroatoms. The lowest BCUT2D eigenvalue weighted by Gasteiger charge is -2.06. The van der Waals surface area contributed by atoms with Gasteiger partial charge in [-0.3, -0.25) is 0 Å². The molecule has 2 aromatic rings. The van der Waals surface area contributed by atoms with Gasteiger partial charge in [0, 0.05) is 6.54 Å². The van der Waals surface area contributed by atoms with Crippen molar-refractivity contribution in [1.29, 1.82) is 5.26 Å². The number of nitrogens with two attached hydrogens (primary N) is 1. The van der Waals surface area contributed by atoms with E-state index < -0.39 is 0 Å². The zero-order chi connectivity index (χ0) is 13.0. The van der Waals surface area contributed by atoms with Crippen molar-refractivity contribution in [3.63, 3.8) is 0 Å². The van der Waals surface area contributed by atoms with Crippen LogP contribution in [-0.2, 0) is 6.54 Å². The van der Waals surface area contributed by atoms with Crippen LogP contribution < -0.4 is 15.8 Å². The van der Waals surface area contributed by atoms with Crippen LogP contribution in [0.3, 0.4) is 0 Å².